The third kappa shape index (κ3) is 1.32. The van der Waals surface area contributed by atoms with E-state index in [1.54, 1.807) is 7.11 Å². The molecule has 20 heavy (non-hydrogen) atoms. The van der Waals surface area contributed by atoms with Gasteiger partial charge in [-0.15, -0.1) is 0 Å². The molecule has 1 atom stereocenters. The van der Waals surface area contributed by atoms with Gasteiger partial charge in [-0.25, -0.2) is 0 Å². The molecule has 0 saturated carbocycles. The Morgan fingerprint density at radius 2 is 2.05 bits per heavy atom. The number of hydrogen-bond donors (Lipinski definition) is 0. The topological polar surface area (TPSA) is 30.8 Å². The van der Waals surface area contributed by atoms with Gasteiger partial charge in [0.25, 0.3) is 0 Å². The minimum atomic E-state index is -0.233. The molecular weight excluding hydrogens is 250 g/mol. The van der Waals surface area contributed by atoms with Gasteiger partial charge in [-0.2, -0.15) is 0 Å². The number of methoxy groups -OCH3 is 1. The molecule has 0 bridgehead atoms. The van der Waals surface area contributed by atoms with Crippen LogP contribution >= 0.6 is 0 Å². The summed E-state index contributed by atoms with van der Waals surface area (Å²) >= 11 is 0. The summed E-state index contributed by atoms with van der Waals surface area (Å²) in [5.74, 6) is 1.76. The molecule has 2 aromatic rings. The SMILES string of the molecule is COc1cc2c(cc1C)[C@@]1(C=Nc3ccccc31)CO2. The van der Waals surface area contributed by atoms with Crippen molar-refractivity contribution in [3.63, 3.8) is 0 Å². The van der Waals surface area contributed by atoms with E-state index in [1.165, 1.54) is 11.1 Å². The van der Waals surface area contributed by atoms with Crippen LogP contribution in [0.2, 0.25) is 0 Å². The van der Waals surface area contributed by atoms with Crippen molar-refractivity contribution in [2.75, 3.05) is 13.7 Å². The van der Waals surface area contributed by atoms with E-state index in [4.69, 9.17) is 9.47 Å². The lowest BCUT2D eigenvalue weighted by molar-refractivity contribution is 0.326. The maximum absolute atomic E-state index is 5.92. The largest absolute Gasteiger partial charge is 0.496 e. The summed E-state index contributed by atoms with van der Waals surface area (Å²) in [6.07, 6.45) is 2.02. The van der Waals surface area contributed by atoms with Gasteiger partial charge in [-0.1, -0.05) is 18.2 Å². The summed E-state index contributed by atoms with van der Waals surface area (Å²) in [6.45, 7) is 2.67. The maximum atomic E-state index is 5.92. The van der Waals surface area contributed by atoms with Gasteiger partial charge in [0.1, 0.15) is 18.1 Å². The molecule has 0 N–H and O–H groups in total. The summed E-state index contributed by atoms with van der Waals surface area (Å²) in [5, 5.41) is 0. The summed E-state index contributed by atoms with van der Waals surface area (Å²) < 4.78 is 11.3. The van der Waals surface area contributed by atoms with Crippen molar-refractivity contribution in [2.24, 2.45) is 4.99 Å². The molecule has 0 unspecified atom stereocenters. The van der Waals surface area contributed by atoms with Gasteiger partial charge in [0.15, 0.2) is 0 Å². The normalized spacial score (nSPS) is 21.7. The Kier molecular flexibility index (Phi) is 2.22. The number of para-hydroxylation sites is 1. The van der Waals surface area contributed by atoms with E-state index in [2.05, 4.69) is 36.2 Å². The van der Waals surface area contributed by atoms with Gasteiger partial charge in [0, 0.05) is 17.8 Å². The molecule has 0 amide bonds. The zero-order valence-corrected chi connectivity index (χ0v) is 11.5. The van der Waals surface area contributed by atoms with Gasteiger partial charge in [0.2, 0.25) is 0 Å². The number of rotatable bonds is 1. The van der Waals surface area contributed by atoms with Crippen LogP contribution in [0.15, 0.2) is 41.4 Å². The Morgan fingerprint density at radius 1 is 1.20 bits per heavy atom. The Morgan fingerprint density at radius 3 is 2.90 bits per heavy atom. The second-order valence-corrected chi connectivity index (χ2v) is 5.35. The van der Waals surface area contributed by atoms with Crippen LogP contribution in [-0.4, -0.2) is 19.9 Å². The van der Waals surface area contributed by atoms with Gasteiger partial charge in [-0.3, -0.25) is 4.99 Å². The summed E-state index contributed by atoms with van der Waals surface area (Å²) in [6, 6.07) is 12.4. The number of aliphatic imine (C=N–C) groups is 1. The van der Waals surface area contributed by atoms with E-state index in [1.807, 2.05) is 18.3 Å². The molecule has 0 radical (unpaired) electrons. The van der Waals surface area contributed by atoms with Crippen LogP contribution in [0.25, 0.3) is 0 Å². The Bertz CT molecular complexity index is 736. The highest BCUT2D eigenvalue weighted by molar-refractivity contribution is 5.91. The van der Waals surface area contributed by atoms with Crippen molar-refractivity contribution in [2.45, 2.75) is 12.3 Å². The van der Waals surface area contributed by atoms with E-state index in [0.29, 0.717) is 6.61 Å². The van der Waals surface area contributed by atoms with Crippen molar-refractivity contribution in [1.82, 2.24) is 0 Å². The summed E-state index contributed by atoms with van der Waals surface area (Å²) in [7, 11) is 1.69. The van der Waals surface area contributed by atoms with E-state index >= 15 is 0 Å². The Labute approximate surface area is 117 Å². The fourth-order valence-electron chi connectivity index (χ4n) is 3.17. The predicted octanol–water partition coefficient (Wildman–Crippen LogP) is 3.40. The summed E-state index contributed by atoms with van der Waals surface area (Å²) in [5.41, 5.74) is 4.34. The lowest BCUT2D eigenvalue weighted by Crippen LogP contribution is -2.28. The monoisotopic (exact) mass is 265 g/mol. The Balaban J connectivity index is 1.95. The standard InChI is InChI=1S/C17H15NO2/c1-11-7-13-16(8-15(11)19-2)20-10-17(13)9-18-14-6-4-3-5-12(14)17/h3-9H,10H2,1-2H3/t17-/m0/s1. The first-order chi connectivity index (χ1) is 9.74. The molecule has 100 valence electrons. The summed E-state index contributed by atoms with van der Waals surface area (Å²) in [4.78, 5) is 4.57. The van der Waals surface area contributed by atoms with Gasteiger partial charge in [-0.05, 0) is 30.2 Å². The lowest BCUT2D eigenvalue weighted by Gasteiger charge is -2.21. The molecule has 1 spiro atoms. The average molecular weight is 265 g/mol. The quantitative estimate of drug-likeness (QED) is 0.791. The smallest absolute Gasteiger partial charge is 0.127 e. The zero-order valence-electron chi connectivity index (χ0n) is 11.5. The number of aryl methyl sites for hydroxylation is 1. The maximum Gasteiger partial charge on any atom is 0.127 e. The van der Waals surface area contributed by atoms with Crippen molar-refractivity contribution in [1.29, 1.82) is 0 Å². The number of nitrogens with zero attached hydrogens (tertiary/aromatic N) is 1. The fourth-order valence-corrected chi connectivity index (χ4v) is 3.17. The second kappa shape index (κ2) is 3.85. The van der Waals surface area contributed by atoms with Crippen LogP contribution in [0, 0.1) is 6.92 Å². The van der Waals surface area contributed by atoms with Crippen LogP contribution < -0.4 is 9.47 Å². The van der Waals surface area contributed by atoms with Crippen molar-refractivity contribution in [3.8, 4) is 11.5 Å². The number of fused-ring (bicyclic) bond motifs is 4. The minimum Gasteiger partial charge on any atom is -0.496 e. The number of hydrogen-bond acceptors (Lipinski definition) is 3. The molecule has 2 heterocycles. The molecule has 0 aliphatic carbocycles. The van der Waals surface area contributed by atoms with Gasteiger partial charge < -0.3 is 9.47 Å². The average Bonchev–Trinajstić information content (AvgIpc) is 3.02. The second-order valence-electron chi connectivity index (χ2n) is 5.35. The number of ether oxygens (including phenoxy) is 2. The van der Waals surface area contributed by atoms with Crippen molar-refractivity contribution in [3.05, 3.63) is 53.1 Å². The molecule has 2 aromatic carbocycles. The highest BCUT2D eigenvalue weighted by Gasteiger charge is 2.45. The Hall–Kier alpha value is -2.29. The molecule has 4 rings (SSSR count). The van der Waals surface area contributed by atoms with Crippen molar-refractivity contribution < 1.29 is 9.47 Å². The third-order valence-electron chi connectivity index (χ3n) is 4.24. The minimum absolute atomic E-state index is 0.233. The van der Waals surface area contributed by atoms with E-state index in [9.17, 15) is 0 Å². The van der Waals surface area contributed by atoms with Gasteiger partial charge in [0.05, 0.1) is 18.2 Å². The number of benzene rings is 2. The van der Waals surface area contributed by atoms with Crippen LogP contribution in [-0.2, 0) is 5.41 Å². The van der Waals surface area contributed by atoms with Gasteiger partial charge >= 0.3 is 0 Å². The van der Waals surface area contributed by atoms with Crippen molar-refractivity contribution >= 4 is 11.9 Å². The molecule has 2 aliphatic rings. The van der Waals surface area contributed by atoms with Crippen LogP contribution in [0.3, 0.4) is 0 Å². The first-order valence-corrected chi connectivity index (χ1v) is 6.71. The molecule has 2 aliphatic heterocycles. The van der Waals surface area contributed by atoms with Crippen LogP contribution in [0.4, 0.5) is 5.69 Å². The third-order valence-corrected chi connectivity index (χ3v) is 4.24. The molecular formula is C17H15NO2. The highest BCUT2D eigenvalue weighted by atomic mass is 16.5. The molecule has 3 heteroatoms. The molecule has 0 aromatic heterocycles. The van der Waals surface area contributed by atoms with Crippen LogP contribution in [0.1, 0.15) is 16.7 Å². The predicted molar refractivity (Wildman–Crippen MR) is 78.6 cm³/mol. The first kappa shape index (κ1) is 11.5. The highest BCUT2D eigenvalue weighted by Crippen LogP contribution is 2.50. The lowest BCUT2D eigenvalue weighted by atomic mass is 9.77. The van der Waals surface area contributed by atoms with E-state index < -0.39 is 0 Å². The van der Waals surface area contributed by atoms with E-state index in [-0.39, 0.29) is 5.41 Å². The molecule has 0 saturated heterocycles. The molecule has 3 nitrogen and oxygen atoms in total. The molecule has 0 fully saturated rings. The fraction of sp³-hybridized carbons (Fsp3) is 0.235. The van der Waals surface area contributed by atoms with Crippen LogP contribution in [0.5, 0.6) is 11.5 Å². The zero-order chi connectivity index (χ0) is 13.7. The van der Waals surface area contributed by atoms with E-state index in [0.717, 1.165) is 22.7 Å². The first-order valence-electron chi connectivity index (χ1n) is 6.71.